The Hall–Kier alpha value is 2.27. The number of thioether (sulfide) groups is 1. The van der Waals surface area contributed by atoms with Crippen LogP contribution in [-0.2, 0) is 0 Å². The summed E-state index contributed by atoms with van der Waals surface area (Å²) >= 11 is 17.8. The van der Waals surface area contributed by atoms with Crippen molar-refractivity contribution in [2.75, 3.05) is 11.5 Å². The number of alkyl halides is 4. The van der Waals surface area contributed by atoms with E-state index in [9.17, 15) is 0 Å². The van der Waals surface area contributed by atoms with Crippen LogP contribution in [0.25, 0.3) is 0 Å². The second-order valence-electron chi connectivity index (χ2n) is 5.93. The van der Waals surface area contributed by atoms with Crippen LogP contribution in [0.2, 0.25) is 0 Å². The number of rotatable bonds is 0. The molecular weight excluding hydrogens is 496 g/mol. The monoisotopic (exact) mass is 508 g/mol. The van der Waals surface area contributed by atoms with Gasteiger partial charge in [0.2, 0.25) is 0 Å². The fraction of sp³-hybridized carbons (Fsp3) is 1.00. The van der Waals surface area contributed by atoms with Crippen molar-refractivity contribution in [2.24, 2.45) is 10.8 Å². The molecule has 3 rings (SSSR count). The summed E-state index contributed by atoms with van der Waals surface area (Å²) in [6.45, 7) is 0. The molecular formula is C12H16Br4S. The van der Waals surface area contributed by atoms with Gasteiger partial charge in [-0.15, -0.1) is 0 Å². The molecule has 2 aliphatic carbocycles. The molecule has 98 valence electrons. The summed E-state index contributed by atoms with van der Waals surface area (Å²) in [6, 6.07) is 0. The molecule has 1 saturated heterocycles. The van der Waals surface area contributed by atoms with Crippen LogP contribution < -0.4 is 0 Å². The molecule has 1 aliphatic heterocycles. The molecule has 0 N–H and O–H groups in total. The molecule has 3 aliphatic rings. The van der Waals surface area contributed by atoms with Crippen LogP contribution >= 0.6 is 75.5 Å². The molecule has 17 heavy (non-hydrogen) atoms. The van der Waals surface area contributed by atoms with E-state index in [2.05, 4.69) is 75.5 Å². The predicted molar refractivity (Wildman–Crippen MR) is 91.5 cm³/mol. The Balaban J connectivity index is 1.96. The topological polar surface area (TPSA) is 0 Å². The average molecular weight is 512 g/mol. The van der Waals surface area contributed by atoms with Gasteiger partial charge in [0.15, 0.2) is 0 Å². The third kappa shape index (κ3) is 2.16. The molecule has 0 bridgehead atoms. The van der Waals surface area contributed by atoms with Gasteiger partial charge in [-0.1, -0.05) is 63.7 Å². The van der Waals surface area contributed by atoms with Gasteiger partial charge >= 0.3 is 0 Å². The molecule has 1 heterocycles. The first kappa shape index (κ1) is 14.2. The van der Waals surface area contributed by atoms with Crippen LogP contribution in [0.1, 0.15) is 25.7 Å². The van der Waals surface area contributed by atoms with E-state index in [0.29, 0.717) is 30.1 Å². The first-order valence-electron chi connectivity index (χ1n) is 6.12. The molecule has 4 unspecified atom stereocenters. The zero-order valence-corrected chi connectivity index (χ0v) is 16.6. The molecule has 0 radical (unpaired) electrons. The second-order valence-corrected chi connectivity index (χ2v) is 11.6. The standard InChI is InChI=1S/C12H16Br4S/c13-7-1-11-2-9(15)10(16)4-12(11,3-8(7)14)6-17-5-11/h7-10H,1-6H2. The van der Waals surface area contributed by atoms with Crippen molar-refractivity contribution >= 4 is 75.5 Å². The summed E-state index contributed by atoms with van der Waals surface area (Å²) < 4.78 is 0. The van der Waals surface area contributed by atoms with E-state index in [1.165, 1.54) is 37.2 Å². The molecule has 0 amide bonds. The van der Waals surface area contributed by atoms with Gasteiger partial charge in [-0.2, -0.15) is 11.8 Å². The highest BCUT2D eigenvalue weighted by Gasteiger charge is 2.62. The third-order valence-corrected chi connectivity index (χ3v) is 11.8. The van der Waals surface area contributed by atoms with E-state index in [-0.39, 0.29) is 0 Å². The van der Waals surface area contributed by atoms with Crippen molar-refractivity contribution in [1.29, 1.82) is 0 Å². The lowest BCUT2D eigenvalue weighted by atomic mass is 9.52. The minimum Gasteiger partial charge on any atom is -0.161 e. The van der Waals surface area contributed by atoms with E-state index in [0.717, 1.165) is 0 Å². The molecule has 2 saturated carbocycles. The Morgan fingerprint density at radius 3 is 1.24 bits per heavy atom. The highest BCUT2D eigenvalue weighted by atomic mass is 79.9. The van der Waals surface area contributed by atoms with E-state index >= 15 is 0 Å². The van der Waals surface area contributed by atoms with Gasteiger partial charge in [-0.05, 0) is 48.0 Å². The normalized spacial score (nSPS) is 58.6. The van der Waals surface area contributed by atoms with Crippen LogP contribution in [0.4, 0.5) is 0 Å². The highest BCUT2D eigenvalue weighted by molar-refractivity contribution is 9.12. The molecule has 0 nitrogen and oxygen atoms in total. The van der Waals surface area contributed by atoms with Gasteiger partial charge in [0, 0.05) is 19.3 Å². The lowest BCUT2D eigenvalue weighted by molar-refractivity contribution is 0.00618. The largest absolute Gasteiger partial charge is 0.161 e. The summed E-state index contributed by atoms with van der Waals surface area (Å²) in [5.74, 6) is 2.74. The highest BCUT2D eigenvalue weighted by Crippen LogP contribution is 2.68. The Kier molecular flexibility index (Phi) is 4.12. The maximum absolute atomic E-state index is 3.90. The summed E-state index contributed by atoms with van der Waals surface area (Å²) in [5, 5.41) is 0. The van der Waals surface area contributed by atoms with Gasteiger partial charge in [-0.25, -0.2) is 0 Å². The van der Waals surface area contributed by atoms with Crippen LogP contribution in [0.5, 0.6) is 0 Å². The van der Waals surface area contributed by atoms with Crippen molar-refractivity contribution in [1.82, 2.24) is 0 Å². The van der Waals surface area contributed by atoms with Crippen molar-refractivity contribution in [3.63, 3.8) is 0 Å². The Morgan fingerprint density at radius 1 is 0.647 bits per heavy atom. The first-order chi connectivity index (χ1) is 7.98. The van der Waals surface area contributed by atoms with E-state index in [1.807, 2.05) is 0 Å². The zero-order chi connectivity index (χ0) is 12.3. The Labute approximate surface area is 141 Å². The summed E-state index contributed by atoms with van der Waals surface area (Å²) in [4.78, 5) is 2.61. The average Bonchev–Trinajstić information content (AvgIpc) is 2.57. The number of halogens is 4. The first-order valence-corrected chi connectivity index (χ1v) is 10.9. The number of hydrogen-bond donors (Lipinski definition) is 0. The van der Waals surface area contributed by atoms with Crippen molar-refractivity contribution in [3.05, 3.63) is 0 Å². The van der Waals surface area contributed by atoms with Crippen LogP contribution in [0.15, 0.2) is 0 Å². The van der Waals surface area contributed by atoms with E-state index < -0.39 is 0 Å². The molecule has 3 fully saturated rings. The van der Waals surface area contributed by atoms with Gasteiger partial charge in [0.05, 0.1) is 0 Å². The lowest BCUT2D eigenvalue weighted by Crippen LogP contribution is -2.56. The van der Waals surface area contributed by atoms with Gasteiger partial charge in [0.1, 0.15) is 0 Å². The van der Waals surface area contributed by atoms with Crippen molar-refractivity contribution in [3.8, 4) is 0 Å². The van der Waals surface area contributed by atoms with Crippen molar-refractivity contribution < 1.29 is 0 Å². The van der Waals surface area contributed by atoms with Crippen LogP contribution in [0.3, 0.4) is 0 Å². The molecule has 0 aromatic carbocycles. The molecule has 0 aromatic rings. The minimum absolute atomic E-state index is 0.578. The summed E-state index contributed by atoms with van der Waals surface area (Å²) in [7, 11) is 0. The van der Waals surface area contributed by atoms with Crippen LogP contribution in [-0.4, -0.2) is 30.8 Å². The maximum atomic E-state index is 3.90. The second kappa shape index (κ2) is 4.92. The van der Waals surface area contributed by atoms with Crippen molar-refractivity contribution in [2.45, 2.75) is 45.0 Å². The van der Waals surface area contributed by atoms with Crippen LogP contribution in [0, 0.1) is 10.8 Å². The van der Waals surface area contributed by atoms with Gasteiger partial charge < -0.3 is 0 Å². The Bertz CT molecular complexity index is 272. The zero-order valence-electron chi connectivity index (χ0n) is 9.47. The lowest BCUT2D eigenvalue weighted by Gasteiger charge is -2.57. The SMILES string of the molecule is BrC1CC23CSCC2(CC1Br)CC(Br)C(Br)C3. The number of hydrogen-bond acceptors (Lipinski definition) is 1. The smallest absolute Gasteiger partial charge is 0.0277 e. The fourth-order valence-corrected chi connectivity index (χ4v) is 9.21. The molecule has 0 spiro atoms. The Morgan fingerprint density at radius 2 is 0.941 bits per heavy atom. The van der Waals surface area contributed by atoms with Gasteiger partial charge in [0.25, 0.3) is 0 Å². The minimum atomic E-state index is 0.578. The summed E-state index contributed by atoms with van der Waals surface area (Å²) in [5.41, 5.74) is 1.16. The third-order valence-electron chi connectivity index (χ3n) is 5.01. The molecule has 0 aromatic heterocycles. The summed E-state index contributed by atoms with van der Waals surface area (Å²) in [6.07, 6.45) is 5.38. The van der Waals surface area contributed by atoms with E-state index in [4.69, 9.17) is 0 Å². The quantitative estimate of drug-likeness (QED) is 0.395. The maximum Gasteiger partial charge on any atom is 0.0277 e. The molecule has 4 atom stereocenters. The molecule has 5 heteroatoms. The predicted octanol–water partition coefficient (Wildman–Crippen LogP) is 5.35. The fourth-order valence-electron chi connectivity index (χ4n) is 4.02. The van der Waals surface area contributed by atoms with Gasteiger partial charge in [-0.3, -0.25) is 0 Å². The van der Waals surface area contributed by atoms with E-state index in [1.54, 1.807) is 0 Å².